The van der Waals surface area contributed by atoms with Gasteiger partial charge in [0.1, 0.15) is 0 Å². The van der Waals surface area contributed by atoms with Crippen molar-refractivity contribution in [3.63, 3.8) is 0 Å². The van der Waals surface area contributed by atoms with Gasteiger partial charge < -0.3 is 15.5 Å². The van der Waals surface area contributed by atoms with E-state index in [9.17, 15) is 5.21 Å². The molecule has 0 radical (unpaired) electrons. The maximum absolute atomic E-state index is 9.43. The van der Waals surface area contributed by atoms with Gasteiger partial charge in [0.2, 0.25) is 0 Å². The Labute approximate surface area is 33.7 Å². The van der Waals surface area contributed by atoms with Crippen molar-refractivity contribution in [3.05, 3.63) is 5.21 Å². The highest BCUT2D eigenvalue weighted by atomic mass is 16.6. The van der Waals surface area contributed by atoms with Gasteiger partial charge in [0, 0.05) is 0 Å². The fraction of sp³-hybridized carbons (Fsp3) is 1.00. The highest BCUT2D eigenvalue weighted by Gasteiger charge is 1.80. The van der Waals surface area contributed by atoms with Gasteiger partial charge in [-0.05, 0) is 4.86 Å². The number of nitrogens with zero attached hydrogens (tertiary/aromatic N) is 2. The summed E-state index contributed by atoms with van der Waals surface area (Å²) in [5, 5.41) is 26.6. The number of hydrogen-bond acceptors (Lipinski definition) is 3. The van der Waals surface area contributed by atoms with Crippen LogP contribution in [0.5, 0.6) is 0 Å². The van der Waals surface area contributed by atoms with Crippen LogP contribution in [0.3, 0.4) is 0 Å². The van der Waals surface area contributed by atoms with Crippen LogP contribution in [0.2, 0.25) is 0 Å². The third-order valence-electron chi connectivity index (χ3n) is 0.221. The van der Waals surface area contributed by atoms with E-state index < -0.39 is 6.73 Å². The number of aliphatic hydroxyl groups is 1. The smallest absolute Gasteiger partial charge is 0.285 e. The topological polar surface area (TPSA) is 78.9 Å². The largest absolute Gasteiger partial charge is 0.595 e. The Morgan fingerprint density at radius 2 is 2.33 bits per heavy atom. The highest BCUT2D eigenvalue weighted by Crippen LogP contribution is 1.62. The maximum atomic E-state index is 9.43. The maximum Gasteiger partial charge on any atom is 0.285 e. The van der Waals surface area contributed by atoms with Crippen molar-refractivity contribution in [3.8, 4) is 0 Å². The molecule has 0 amide bonds. The quantitative estimate of drug-likeness (QED) is 0.194. The minimum atomic E-state index is -0.809. The molecule has 0 saturated heterocycles. The first-order valence-corrected chi connectivity index (χ1v) is 1.22. The molecule has 0 aliphatic rings. The Kier molecular flexibility index (Phi) is 2.06. The summed E-state index contributed by atoms with van der Waals surface area (Å²) in [4.78, 5) is -0.264. The number of hydrogen-bond donors (Lipinski definition) is 2. The molecule has 0 saturated carbocycles. The van der Waals surface area contributed by atoms with Crippen molar-refractivity contribution in [2.24, 2.45) is 5.28 Å². The lowest BCUT2D eigenvalue weighted by molar-refractivity contribution is -0.588. The first-order chi connectivity index (χ1) is 2.81. The Hall–Kier alpha value is -0.840. The van der Waals surface area contributed by atoms with Crippen LogP contribution in [0.1, 0.15) is 0 Å². The molecule has 0 aliphatic heterocycles. The van der Waals surface area contributed by atoms with Crippen molar-refractivity contribution in [2.45, 2.75) is 0 Å². The van der Waals surface area contributed by atoms with Gasteiger partial charge in [-0.1, -0.05) is 0 Å². The predicted octanol–water partition coefficient (Wildman–Crippen LogP) is -0.712. The SMILES string of the molecule is [O-][N+](CO)=NO. The van der Waals surface area contributed by atoms with Crippen molar-refractivity contribution < 1.29 is 15.2 Å². The van der Waals surface area contributed by atoms with Crippen molar-refractivity contribution in [1.82, 2.24) is 0 Å². The molecule has 5 heteroatoms. The van der Waals surface area contributed by atoms with Crippen LogP contribution < -0.4 is 0 Å². The molecular formula is CH4N2O3. The van der Waals surface area contributed by atoms with Crippen molar-refractivity contribution in [2.75, 3.05) is 6.73 Å². The van der Waals surface area contributed by atoms with E-state index in [1.54, 1.807) is 0 Å². The molecule has 0 fully saturated rings. The second-order valence-corrected chi connectivity index (χ2v) is 0.583. The molecular weight excluding hydrogens is 88.0 g/mol. The molecule has 0 rings (SSSR count). The fourth-order valence-corrected chi connectivity index (χ4v) is 0.0283. The Morgan fingerprint density at radius 1 is 1.83 bits per heavy atom. The molecule has 0 aromatic heterocycles. The van der Waals surface area contributed by atoms with Crippen molar-refractivity contribution >= 4 is 0 Å². The molecule has 0 aliphatic carbocycles. The van der Waals surface area contributed by atoms with Gasteiger partial charge in [-0.25, -0.2) is 0 Å². The molecule has 36 valence electrons. The molecule has 5 nitrogen and oxygen atoms in total. The van der Waals surface area contributed by atoms with Gasteiger partial charge in [-0.15, -0.1) is 0 Å². The zero-order chi connectivity index (χ0) is 4.99. The van der Waals surface area contributed by atoms with Crippen LogP contribution in [0.15, 0.2) is 5.28 Å². The number of aliphatic hydroxyl groups excluding tert-OH is 1. The van der Waals surface area contributed by atoms with Crippen LogP contribution in [0.4, 0.5) is 0 Å². The summed E-state index contributed by atoms with van der Waals surface area (Å²) in [7, 11) is 0. The lowest BCUT2D eigenvalue weighted by Crippen LogP contribution is -1.99. The average Bonchev–Trinajstić information content (AvgIpc) is 1.65. The predicted molar refractivity (Wildman–Crippen MR) is 14.9 cm³/mol. The Balaban J connectivity index is 3.22. The summed E-state index contributed by atoms with van der Waals surface area (Å²) in [6.07, 6.45) is 0. The Bertz CT molecular complexity index is 59.8. The van der Waals surface area contributed by atoms with Gasteiger partial charge in [0.25, 0.3) is 6.73 Å². The summed E-state index contributed by atoms with van der Waals surface area (Å²) in [5.41, 5.74) is 0. The summed E-state index contributed by atoms with van der Waals surface area (Å²) >= 11 is 0. The molecule has 6 heavy (non-hydrogen) atoms. The molecule has 0 atom stereocenters. The normalized spacial score (nSPS) is 11.8. The molecule has 2 N–H and O–H groups in total. The molecule has 0 aromatic rings. The van der Waals surface area contributed by atoms with Crippen LogP contribution in [0.25, 0.3) is 0 Å². The lowest BCUT2D eigenvalue weighted by Gasteiger charge is -1.86. The van der Waals surface area contributed by atoms with E-state index >= 15 is 0 Å². The van der Waals surface area contributed by atoms with Gasteiger partial charge in [-0.3, -0.25) is 0 Å². The lowest BCUT2D eigenvalue weighted by atomic mass is 11.3. The van der Waals surface area contributed by atoms with E-state index in [1.807, 2.05) is 5.28 Å². The van der Waals surface area contributed by atoms with E-state index in [-0.39, 0.29) is 4.86 Å². The Morgan fingerprint density at radius 3 is 2.33 bits per heavy atom. The molecule has 0 bridgehead atoms. The van der Waals surface area contributed by atoms with E-state index in [0.717, 1.165) is 0 Å². The summed E-state index contributed by atoms with van der Waals surface area (Å²) in [6.45, 7) is -0.809. The van der Waals surface area contributed by atoms with E-state index in [0.29, 0.717) is 0 Å². The molecule has 0 unspecified atom stereocenters. The van der Waals surface area contributed by atoms with Gasteiger partial charge in [-0.2, -0.15) is 0 Å². The second-order valence-electron chi connectivity index (χ2n) is 0.583. The average molecular weight is 92.1 g/mol. The fourth-order valence-electron chi connectivity index (χ4n) is 0.0283. The van der Waals surface area contributed by atoms with Crippen LogP contribution in [-0.2, 0) is 0 Å². The van der Waals surface area contributed by atoms with Gasteiger partial charge in [0.05, 0.1) is 0 Å². The first-order valence-electron chi connectivity index (χ1n) is 1.22. The molecule has 0 heterocycles. The van der Waals surface area contributed by atoms with E-state index in [1.165, 1.54) is 0 Å². The first kappa shape index (κ1) is 5.16. The van der Waals surface area contributed by atoms with E-state index in [2.05, 4.69) is 0 Å². The van der Waals surface area contributed by atoms with Crippen LogP contribution in [-0.4, -0.2) is 21.9 Å². The third kappa shape index (κ3) is 1.48. The van der Waals surface area contributed by atoms with E-state index in [4.69, 9.17) is 10.3 Å². The third-order valence-corrected chi connectivity index (χ3v) is 0.221. The molecule has 0 aromatic carbocycles. The molecule has 0 spiro atoms. The summed E-state index contributed by atoms with van der Waals surface area (Å²) < 4.78 is 0. The van der Waals surface area contributed by atoms with Gasteiger partial charge in [0.15, 0.2) is 5.28 Å². The number of rotatable bonds is 1. The highest BCUT2D eigenvalue weighted by molar-refractivity contribution is 3.89. The van der Waals surface area contributed by atoms with Crippen molar-refractivity contribution in [1.29, 1.82) is 0 Å². The van der Waals surface area contributed by atoms with Crippen LogP contribution >= 0.6 is 0 Å². The van der Waals surface area contributed by atoms with Gasteiger partial charge >= 0.3 is 0 Å². The monoisotopic (exact) mass is 92.0 g/mol. The zero-order valence-corrected chi connectivity index (χ0v) is 2.90. The van der Waals surface area contributed by atoms with Crippen LogP contribution in [0, 0.1) is 5.21 Å². The standard InChI is InChI=1S/CH4N2O3/c4-1-3(6)2-5/h4-5H,1H2. The zero-order valence-electron chi connectivity index (χ0n) is 2.90. The number of hydroxylamine groups is 1. The second kappa shape index (κ2) is 2.40. The summed E-state index contributed by atoms with van der Waals surface area (Å²) in [5.74, 6) is 0. The minimum absolute atomic E-state index is 0.264. The minimum Gasteiger partial charge on any atom is -0.595 e. The summed E-state index contributed by atoms with van der Waals surface area (Å²) in [6, 6.07) is 0.